The standard InChI is InChI=1S/C31H38ClN3O4S/c1-6-29(31(37)33-23(4)5)34(20-24-12-16-26(32)17-13-24)30(36)21-35(27-18-14-25(15-19-27)22(2)3)40(38,39)28-10-8-7-9-11-28/h7-19,22-23,29H,6,20-21H2,1-5H3,(H,33,37)/t29-/m1/s1. The number of hydrogen-bond donors (Lipinski definition) is 1. The summed E-state index contributed by atoms with van der Waals surface area (Å²) in [5, 5.41) is 3.45. The number of hydrogen-bond acceptors (Lipinski definition) is 4. The third kappa shape index (κ3) is 7.86. The van der Waals surface area contributed by atoms with Gasteiger partial charge in [-0.25, -0.2) is 8.42 Å². The van der Waals surface area contributed by atoms with Gasteiger partial charge in [-0.05, 0) is 73.7 Å². The Morgan fingerprint density at radius 1 is 0.875 bits per heavy atom. The zero-order chi connectivity index (χ0) is 29.4. The minimum atomic E-state index is -4.10. The average molecular weight is 584 g/mol. The van der Waals surface area contributed by atoms with Crippen molar-refractivity contribution in [3.63, 3.8) is 0 Å². The van der Waals surface area contributed by atoms with E-state index in [2.05, 4.69) is 19.2 Å². The molecule has 3 aromatic carbocycles. The first kappa shape index (κ1) is 31.2. The van der Waals surface area contributed by atoms with Crippen molar-refractivity contribution in [1.82, 2.24) is 10.2 Å². The van der Waals surface area contributed by atoms with Crippen molar-refractivity contribution in [2.75, 3.05) is 10.8 Å². The highest BCUT2D eigenvalue weighted by atomic mass is 35.5. The van der Waals surface area contributed by atoms with Crippen molar-refractivity contribution in [2.24, 2.45) is 0 Å². The summed E-state index contributed by atoms with van der Waals surface area (Å²) in [6.07, 6.45) is 0.354. The van der Waals surface area contributed by atoms with E-state index in [1.807, 2.05) is 32.9 Å². The second-order valence-corrected chi connectivity index (χ2v) is 12.6. The Labute approximate surface area is 243 Å². The van der Waals surface area contributed by atoms with E-state index in [1.54, 1.807) is 54.6 Å². The second-order valence-electron chi connectivity index (χ2n) is 10.3. The van der Waals surface area contributed by atoms with Crippen LogP contribution in [0, 0.1) is 0 Å². The predicted octanol–water partition coefficient (Wildman–Crippen LogP) is 5.99. The van der Waals surface area contributed by atoms with Gasteiger partial charge in [0, 0.05) is 17.6 Å². The van der Waals surface area contributed by atoms with E-state index >= 15 is 0 Å². The smallest absolute Gasteiger partial charge is 0.264 e. The van der Waals surface area contributed by atoms with Crippen molar-refractivity contribution < 1.29 is 18.0 Å². The van der Waals surface area contributed by atoms with Crippen LogP contribution in [0.5, 0.6) is 0 Å². The van der Waals surface area contributed by atoms with Gasteiger partial charge < -0.3 is 10.2 Å². The first-order valence-corrected chi connectivity index (χ1v) is 15.3. The SMILES string of the molecule is CC[C@H](C(=O)NC(C)C)N(Cc1ccc(Cl)cc1)C(=O)CN(c1ccc(C(C)C)cc1)S(=O)(=O)c1ccccc1. The number of sulfonamides is 1. The van der Waals surface area contributed by atoms with Gasteiger partial charge in [0.2, 0.25) is 11.8 Å². The van der Waals surface area contributed by atoms with Gasteiger partial charge in [-0.3, -0.25) is 13.9 Å². The van der Waals surface area contributed by atoms with Crippen LogP contribution in [0.1, 0.15) is 58.1 Å². The molecule has 0 heterocycles. The van der Waals surface area contributed by atoms with Gasteiger partial charge in [-0.2, -0.15) is 0 Å². The van der Waals surface area contributed by atoms with Crippen LogP contribution >= 0.6 is 11.6 Å². The highest BCUT2D eigenvalue weighted by molar-refractivity contribution is 7.92. The summed E-state index contributed by atoms with van der Waals surface area (Å²) in [6.45, 7) is 9.28. The van der Waals surface area contributed by atoms with E-state index in [0.717, 1.165) is 15.4 Å². The number of halogens is 1. The molecule has 3 rings (SSSR count). The third-order valence-electron chi connectivity index (χ3n) is 6.54. The topological polar surface area (TPSA) is 86.8 Å². The summed E-state index contributed by atoms with van der Waals surface area (Å²) in [5.74, 6) is -0.527. The normalized spacial score (nSPS) is 12.3. The number of nitrogens with one attached hydrogen (secondary N) is 1. The fraction of sp³-hybridized carbons (Fsp3) is 0.355. The van der Waals surface area contributed by atoms with Crippen LogP contribution in [0.2, 0.25) is 5.02 Å². The molecule has 0 bridgehead atoms. The van der Waals surface area contributed by atoms with Crippen molar-refractivity contribution in [2.45, 2.75) is 70.5 Å². The third-order valence-corrected chi connectivity index (χ3v) is 8.58. The Morgan fingerprint density at radius 2 is 1.48 bits per heavy atom. The molecule has 0 saturated carbocycles. The lowest BCUT2D eigenvalue weighted by atomic mass is 10.0. The van der Waals surface area contributed by atoms with Crippen LogP contribution in [-0.2, 0) is 26.2 Å². The van der Waals surface area contributed by atoms with Crippen molar-refractivity contribution in [3.05, 3.63) is 95.0 Å². The Balaban J connectivity index is 2.06. The Kier molecular flexibility index (Phi) is 10.8. The molecule has 0 radical (unpaired) electrons. The van der Waals surface area contributed by atoms with Crippen LogP contribution in [0.3, 0.4) is 0 Å². The molecule has 9 heteroatoms. The molecule has 1 N–H and O–H groups in total. The van der Waals surface area contributed by atoms with Gasteiger partial charge >= 0.3 is 0 Å². The summed E-state index contributed by atoms with van der Waals surface area (Å²) < 4.78 is 28.9. The molecular weight excluding hydrogens is 546 g/mol. The highest BCUT2D eigenvalue weighted by Crippen LogP contribution is 2.27. The van der Waals surface area contributed by atoms with Crippen LogP contribution in [0.4, 0.5) is 5.69 Å². The fourth-order valence-corrected chi connectivity index (χ4v) is 5.92. The van der Waals surface area contributed by atoms with Crippen LogP contribution in [0.15, 0.2) is 83.8 Å². The maximum atomic E-state index is 14.1. The number of amides is 2. The monoisotopic (exact) mass is 583 g/mol. The van der Waals surface area contributed by atoms with E-state index < -0.39 is 28.5 Å². The molecule has 7 nitrogen and oxygen atoms in total. The zero-order valence-corrected chi connectivity index (χ0v) is 25.2. The lowest BCUT2D eigenvalue weighted by Gasteiger charge is -2.33. The second kappa shape index (κ2) is 13.8. The largest absolute Gasteiger partial charge is 0.352 e. The molecule has 0 saturated heterocycles. The number of anilines is 1. The van der Waals surface area contributed by atoms with Gasteiger partial charge in [0.1, 0.15) is 12.6 Å². The molecule has 0 unspecified atom stereocenters. The van der Waals surface area contributed by atoms with Crippen molar-refractivity contribution in [1.29, 1.82) is 0 Å². The van der Waals surface area contributed by atoms with E-state index in [9.17, 15) is 18.0 Å². The summed E-state index contributed by atoms with van der Waals surface area (Å²) in [6, 6.07) is 21.3. The van der Waals surface area contributed by atoms with E-state index in [4.69, 9.17) is 11.6 Å². The van der Waals surface area contributed by atoms with E-state index in [1.165, 1.54) is 17.0 Å². The molecule has 40 heavy (non-hydrogen) atoms. The lowest BCUT2D eigenvalue weighted by Crippen LogP contribution is -2.53. The highest BCUT2D eigenvalue weighted by Gasteiger charge is 2.33. The first-order chi connectivity index (χ1) is 18.9. The summed E-state index contributed by atoms with van der Waals surface area (Å²) >= 11 is 6.07. The van der Waals surface area contributed by atoms with Crippen molar-refractivity contribution >= 4 is 39.1 Å². The van der Waals surface area contributed by atoms with Gasteiger partial charge in [0.15, 0.2) is 0 Å². The van der Waals surface area contributed by atoms with Crippen LogP contribution in [-0.4, -0.2) is 43.8 Å². The lowest BCUT2D eigenvalue weighted by molar-refractivity contribution is -0.140. The van der Waals surface area contributed by atoms with E-state index in [-0.39, 0.29) is 29.3 Å². The maximum absolute atomic E-state index is 14.1. The summed E-state index contributed by atoms with van der Waals surface area (Å²) in [5.41, 5.74) is 2.19. The molecule has 0 aromatic heterocycles. The van der Waals surface area contributed by atoms with Gasteiger partial charge in [0.25, 0.3) is 10.0 Å². The fourth-order valence-electron chi connectivity index (χ4n) is 4.36. The molecule has 0 aliphatic rings. The molecule has 0 fully saturated rings. The predicted molar refractivity (Wildman–Crippen MR) is 161 cm³/mol. The Morgan fingerprint density at radius 3 is 2.00 bits per heavy atom. The zero-order valence-electron chi connectivity index (χ0n) is 23.7. The molecule has 0 aliphatic carbocycles. The number of benzene rings is 3. The average Bonchev–Trinajstić information content (AvgIpc) is 2.92. The number of carbonyl (C=O) groups excluding carboxylic acids is 2. The quantitative estimate of drug-likeness (QED) is 0.284. The number of carbonyl (C=O) groups is 2. The molecule has 0 aliphatic heterocycles. The maximum Gasteiger partial charge on any atom is 0.264 e. The molecule has 214 valence electrons. The van der Waals surface area contributed by atoms with Gasteiger partial charge in [-0.15, -0.1) is 0 Å². The molecule has 1 atom stereocenters. The number of nitrogens with zero attached hydrogens (tertiary/aromatic N) is 2. The number of rotatable bonds is 12. The van der Waals surface area contributed by atoms with Crippen LogP contribution < -0.4 is 9.62 Å². The Bertz CT molecular complexity index is 1380. The molecule has 0 spiro atoms. The summed E-state index contributed by atoms with van der Waals surface area (Å²) in [4.78, 5) is 28.8. The molecular formula is C31H38ClN3O4S. The minimum Gasteiger partial charge on any atom is -0.352 e. The summed E-state index contributed by atoms with van der Waals surface area (Å²) in [7, 11) is -4.10. The molecule has 3 aromatic rings. The van der Waals surface area contributed by atoms with Crippen molar-refractivity contribution in [3.8, 4) is 0 Å². The Hall–Kier alpha value is -3.36. The first-order valence-electron chi connectivity index (χ1n) is 13.5. The van der Waals surface area contributed by atoms with E-state index in [0.29, 0.717) is 17.1 Å². The van der Waals surface area contributed by atoms with Crippen LogP contribution in [0.25, 0.3) is 0 Å². The van der Waals surface area contributed by atoms with Gasteiger partial charge in [0.05, 0.1) is 10.6 Å². The minimum absolute atomic E-state index is 0.0737. The van der Waals surface area contributed by atoms with Gasteiger partial charge in [-0.1, -0.05) is 74.8 Å². The molecule has 2 amide bonds.